The van der Waals surface area contributed by atoms with Crippen LogP contribution in [0, 0.1) is 0 Å². The van der Waals surface area contributed by atoms with E-state index in [0.717, 1.165) is 89.9 Å². The van der Waals surface area contributed by atoms with Gasteiger partial charge >= 0.3 is 0 Å². The van der Waals surface area contributed by atoms with Gasteiger partial charge in [-0.1, -0.05) is 195 Å². The summed E-state index contributed by atoms with van der Waals surface area (Å²) in [6.07, 6.45) is 54.9. The van der Waals surface area contributed by atoms with Crippen molar-refractivity contribution in [3.63, 3.8) is 0 Å². The Morgan fingerprint density at radius 3 is 1.46 bits per heavy atom. The van der Waals surface area contributed by atoms with E-state index in [1.807, 2.05) is 6.08 Å². The molecule has 0 spiro atoms. The van der Waals surface area contributed by atoms with Gasteiger partial charge in [0.05, 0.1) is 25.4 Å². The first kappa shape index (κ1) is 58.1. The van der Waals surface area contributed by atoms with Gasteiger partial charge in [0.1, 0.15) is 24.4 Å². The SMILES string of the molecule is CC/C=C\C/C=C\C/C=C\C/C=C\C/C=C\C/C=C\C/C=C\CCCCCCCCCCCCCC(=O)NC(COC1OC(CO)C(O)C(O)C1O)C(O)/C=C/CCCCCCC. The zero-order valence-corrected chi connectivity index (χ0v) is 39.5. The molecule has 0 aromatic heterocycles. The van der Waals surface area contributed by atoms with Crippen LogP contribution in [0.3, 0.4) is 0 Å². The number of aliphatic hydroxyl groups is 5. The Morgan fingerprint density at radius 1 is 0.556 bits per heavy atom. The van der Waals surface area contributed by atoms with E-state index >= 15 is 0 Å². The zero-order chi connectivity index (χ0) is 45.9. The second kappa shape index (κ2) is 43.0. The maximum Gasteiger partial charge on any atom is 0.220 e. The average Bonchev–Trinajstić information content (AvgIpc) is 3.28. The van der Waals surface area contributed by atoms with Gasteiger partial charge in [0.2, 0.25) is 5.91 Å². The monoisotopic (exact) mass is 882 g/mol. The summed E-state index contributed by atoms with van der Waals surface area (Å²) in [5, 5.41) is 53.9. The molecule has 6 N–H and O–H groups in total. The predicted octanol–water partition coefficient (Wildman–Crippen LogP) is 11.3. The van der Waals surface area contributed by atoms with Crippen molar-refractivity contribution in [2.75, 3.05) is 13.2 Å². The number of aliphatic hydroxyl groups excluding tert-OH is 5. The van der Waals surface area contributed by atoms with Gasteiger partial charge in [-0.25, -0.2) is 0 Å². The highest BCUT2D eigenvalue weighted by molar-refractivity contribution is 5.76. The number of nitrogens with one attached hydrogen (secondary N) is 1. The summed E-state index contributed by atoms with van der Waals surface area (Å²) in [5.74, 6) is -0.190. The Labute approximate surface area is 383 Å². The van der Waals surface area contributed by atoms with Crippen molar-refractivity contribution >= 4 is 5.91 Å². The van der Waals surface area contributed by atoms with Gasteiger partial charge in [0, 0.05) is 6.42 Å². The van der Waals surface area contributed by atoms with Crippen molar-refractivity contribution in [3.05, 3.63) is 97.2 Å². The summed E-state index contributed by atoms with van der Waals surface area (Å²) in [6.45, 7) is 3.57. The van der Waals surface area contributed by atoms with Crippen LogP contribution >= 0.6 is 0 Å². The van der Waals surface area contributed by atoms with Crippen LogP contribution in [0.25, 0.3) is 0 Å². The van der Waals surface area contributed by atoms with E-state index in [-0.39, 0.29) is 12.5 Å². The molecule has 360 valence electrons. The lowest BCUT2D eigenvalue weighted by Crippen LogP contribution is -2.60. The third-order valence-corrected chi connectivity index (χ3v) is 11.2. The average molecular weight is 882 g/mol. The fourth-order valence-electron chi connectivity index (χ4n) is 7.19. The summed E-state index contributed by atoms with van der Waals surface area (Å²) >= 11 is 0. The van der Waals surface area contributed by atoms with Crippen molar-refractivity contribution in [2.45, 2.75) is 224 Å². The Bertz CT molecular complexity index is 1300. The topological polar surface area (TPSA) is 149 Å². The van der Waals surface area contributed by atoms with Gasteiger partial charge in [0.15, 0.2) is 6.29 Å². The highest BCUT2D eigenvalue weighted by Crippen LogP contribution is 2.22. The number of unbranched alkanes of at least 4 members (excludes halogenated alkanes) is 16. The van der Waals surface area contributed by atoms with Crippen LogP contribution in [0.2, 0.25) is 0 Å². The number of ether oxygens (including phenoxy) is 2. The van der Waals surface area contributed by atoms with Gasteiger partial charge in [-0.05, 0) is 77.0 Å². The van der Waals surface area contributed by atoms with E-state index in [1.54, 1.807) is 6.08 Å². The molecule has 0 bridgehead atoms. The molecule has 1 fully saturated rings. The maximum atomic E-state index is 12.9. The zero-order valence-electron chi connectivity index (χ0n) is 39.5. The molecule has 0 aromatic carbocycles. The van der Waals surface area contributed by atoms with Crippen LogP contribution in [-0.2, 0) is 14.3 Å². The van der Waals surface area contributed by atoms with Gasteiger partial charge < -0.3 is 40.3 Å². The van der Waals surface area contributed by atoms with Crippen molar-refractivity contribution < 1.29 is 39.8 Å². The molecule has 7 unspecified atom stereocenters. The first-order valence-corrected chi connectivity index (χ1v) is 25.0. The van der Waals surface area contributed by atoms with E-state index in [2.05, 4.69) is 104 Å². The Kier molecular flexibility index (Phi) is 39.7. The van der Waals surface area contributed by atoms with E-state index < -0.39 is 49.5 Å². The molecule has 0 aliphatic carbocycles. The standard InChI is InChI=1S/C54H91NO8/c1-3-5-7-9-11-12-13-14-15-16-17-18-19-20-21-22-23-24-25-26-27-28-29-30-31-32-33-34-35-36-38-40-42-44-50(58)55-47(48(57)43-41-39-37-10-8-6-4-2)46-62-54-53(61)52(60)51(59)49(45-56)63-54/h5,7,11-12,14-15,17-18,20-21,23-24,26-27,41,43,47-49,51-54,56-57,59-61H,3-4,6,8-10,13,16,19,22,25,28-40,42,44-46H2,1-2H3,(H,55,58)/b7-5-,12-11-,15-14-,18-17-,21-20-,24-23-,27-26-,43-41+. The van der Waals surface area contributed by atoms with Crippen LogP contribution < -0.4 is 5.32 Å². The normalized spacial score (nSPS) is 21.0. The lowest BCUT2D eigenvalue weighted by molar-refractivity contribution is -0.302. The lowest BCUT2D eigenvalue weighted by atomic mass is 9.99. The van der Waals surface area contributed by atoms with Gasteiger partial charge in [-0.3, -0.25) is 4.79 Å². The van der Waals surface area contributed by atoms with Crippen molar-refractivity contribution in [1.29, 1.82) is 0 Å². The smallest absolute Gasteiger partial charge is 0.220 e. The Hall–Kier alpha value is -2.89. The van der Waals surface area contributed by atoms with Gasteiger partial charge in [0.25, 0.3) is 0 Å². The highest BCUT2D eigenvalue weighted by Gasteiger charge is 2.44. The van der Waals surface area contributed by atoms with Gasteiger partial charge in [-0.2, -0.15) is 0 Å². The molecular formula is C54H91NO8. The molecule has 1 heterocycles. The highest BCUT2D eigenvalue weighted by atomic mass is 16.7. The Morgan fingerprint density at radius 2 is 0.984 bits per heavy atom. The first-order valence-electron chi connectivity index (χ1n) is 25.0. The first-order chi connectivity index (χ1) is 30.8. The molecule has 1 aliphatic rings. The number of hydrogen-bond acceptors (Lipinski definition) is 8. The largest absolute Gasteiger partial charge is 0.394 e. The van der Waals surface area contributed by atoms with E-state index in [0.29, 0.717) is 6.42 Å². The number of allylic oxidation sites excluding steroid dienone is 15. The molecule has 1 amide bonds. The summed E-state index contributed by atoms with van der Waals surface area (Å²) < 4.78 is 11.2. The number of amides is 1. The van der Waals surface area contributed by atoms with E-state index in [9.17, 15) is 30.3 Å². The van der Waals surface area contributed by atoms with Gasteiger partial charge in [-0.15, -0.1) is 0 Å². The second-order valence-electron chi connectivity index (χ2n) is 16.9. The van der Waals surface area contributed by atoms with Crippen molar-refractivity contribution in [2.24, 2.45) is 0 Å². The fourth-order valence-corrected chi connectivity index (χ4v) is 7.19. The summed E-state index contributed by atoms with van der Waals surface area (Å²) in [6, 6.07) is -0.809. The second-order valence-corrected chi connectivity index (χ2v) is 16.9. The van der Waals surface area contributed by atoms with Crippen LogP contribution in [-0.4, -0.2) is 87.5 Å². The molecule has 9 nitrogen and oxygen atoms in total. The molecule has 0 saturated carbocycles. The minimum atomic E-state index is -1.57. The third-order valence-electron chi connectivity index (χ3n) is 11.2. The maximum absolute atomic E-state index is 12.9. The van der Waals surface area contributed by atoms with E-state index in [1.165, 1.54) is 70.6 Å². The van der Waals surface area contributed by atoms with Crippen LogP contribution in [0.5, 0.6) is 0 Å². The number of carbonyl (C=O) groups is 1. The lowest BCUT2D eigenvalue weighted by Gasteiger charge is -2.40. The fraction of sp³-hybridized carbons (Fsp3) is 0.685. The van der Waals surface area contributed by atoms with Crippen LogP contribution in [0.4, 0.5) is 0 Å². The predicted molar refractivity (Wildman–Crippen MR) is 262 cm³/mol. The van der Waals surface area contributed by atoms with Crippen LogP contribution in [0.1, 0.15) is 181 Å². The van der Waals surface area contributed by atoms with Crippen molar-refractivity contribution in [1.82, 2.24) is 5.32 Å². The summed E-state index contributed by atoms with van der Waals surface area (Å²) in [5.41, 5.74) is 0. The molecule has 0 aromatic rings. The third kappa shape index (κ3) is 33.3. The van der Waals surface area contributed by atoms with E-state index in [4.69, 9.17) is 9.47 Å². The molecule has 1 rings (SSSR count). The summed E-state index contributed by atoms with van der Waals surface area (Å²) in [7, 11) is 0. The number of carbonyl (C=O) groups excluding carboxylic acids is 1. The van der Waals surface area contributed by atoms with Crippen molar-refractivity contribution in [3.8, 4) is 0 Å². The number of rotatable bonds is 40. The molecule has 1 saturated heterocycles. The molecule has 0 radical (unpaired) electrons. The summed E-state index contributed by atoms with van der Waals surface area (Å²) in [4.78, 5) is 12.9. The molecule has 63 heavy (non-hydrogen) atoms. The Balaban J connectivity index is 2.13. The molecule has 1 aliphatic heterocycles. The quantitative estimate of drug-likeness (QED) is 0.0263. The molecule has 9 heteroatoms. The van der Waals surface area contributed by atoms with Crippen LogP contribution in [0.15, 0.2) is 97.2 Å². The number of hydrogen-bond donors (Lipinski definition) is 6. The molecular weight excluding hydrogens is 791 g/mol. The molecule has 7 atom stereocenters. The minimum absolute atomic E-state index is 0.190. The minimum Gasteiger partial charge on any atom is -0.394 e.